The minimum absolute atomic E-state index is 0.213. The van der Waals surface area contributed by atoms with Gasteiger partial charge in [0.15, 0.2) is 0 Å². The van der Waals surface area contributed by atoms with E-state index in [1.165, 1.54) is 0 Å². The van der Waals surface area contributed by atoms with Crippen molar-refractivity contribution in [2.75, 3.05) is 0 Å². The molecule has 3 aromatic rings. The maximum Gasteiger partial charge on any atom is 0.323 e. The molecule has 0 radical (unpaired) electrons. The molecule has 1 atom stereocenters. The first-order valence-electron chi connectivity index (χ1n) is 6.70. The van der Waals surface area contributed by atoms with Crippen molar-refractivity contribution in [3.63, 3.8) is 0 Å². The fourth-order valence-electron chi connectivity index (χ4n) is 2.78. The van der Waals surface area contributed by atoms with Gasteiger partial charge in [0.25, 0.3) is 0 Å². The van der Waals surface area contributed by atoms with E-state index >= 15 is 0 Å². The summed E-state index contributed by atoms with van der Waals surface area (Å²) in [6.07, 6.45) is 0. The van der Waals surface area contributed by atoms with E-state index in [0.717, 1.165) is 37.8 Å². The second kappa shape index (κ2) is 5.16. The highest BCUT2D eigenvalue weighted by Gasteiger charge is 2.17. The molecule has 0 amide bonds. The molecule has 0 saturated carbocycles. The summed E-state index contributed by atoms with van der Waals surface area (Å²) in [5.74, 6) is 0. The number of aromatic amines is 2. The molecule has 0 fully saturated rings. The highest BCUT2D eigenvalue weighted by atomic mass is 79.9. The molecule has 2 aromatic carbocycles. The summed E-state index contributed by atoms with van der Waals surface area (Å²) in [6.45, 7) is 4.12. The van der Waals surface area contributed by atoms with Crippen LogP contribution in [0.1, 0.15) is 28.3 Å². The molecular formula is C16H16BrN3O. The van der Waals surface area contributed by atoms with Crippen LogP contribution in [0.4, 0.5) is 0 Å². The lowest BCUT2D eigenvalue weighted by atomic mass is 9.92. The zero-order valence-corrected chi connectivity index (χ0v) is 13.4. The van der Waals surface area contributed by atoms with Crippen molar-refractivity contribution in [1.29, 1.82) is 0 Å². The fourth-order valence-corrected chi connectivity index (χ4v) is 3.37. The third-order valence-corrected chi connectivity index (χ3v) is 4.51. The van der Waals surface area contributed by atoms with Crippen molar-refractivity contribution in [1.82, 2.24) is 9.97 Å². The molecular weight excluding hydrogens is 330 g/mol. The van der Waals surface area contributed by atoms with Crippen LogP contribution in [0, 0.1) is 13.8 Å². The molecule has 1 heterocycles. The average molecular weight is 346 g/mol. The standard InChI is InChI=1S/C16H16BrN3O/c1-8-4-3-5-9(2)14(8)15(18)10-6-12-13(7-11(10)17)20-16(21)19-12/h3-7,15H,18H2,1-2H3,(H2,19,20,21). The minimum atomic E-state index is -0.247. The number of aromatic nitrogens is 2. The van der Waals surface area contributed by atoms with Crippen molar-refractivity contribution in [3.8, 4) is 0 Å². The molecule has 1 unspecified atom stereocenters. The number of rotatable bonds is 2. The molecule has 21 heavy (non-hydrogen) atoms. The largest absolute Gasteiger partial charge is 0.323 e. The van der Waals surface area contributed by atoms with Crippen LogP contribution in [-0.2, 0) is 0 Å². The summed E-state index contributed by atoms with van der Waals surface area (Å²) in [7, 11) is 0. The molecule has 3 rings (SSSR count). The molecule has 0 aliphatic rings. The number of H-pyrrole nitrogens is 2. The maximum absolute atomic E-state index is 11.4. The summed E-state index contributed by atoms with van der Waals surface area (Å²) < 4.78 is 0.889. The SMILES string of the molecule is Cc1cccc(C)c1C(N)c1cc2[nH]c(=O)[nH]c2cc1Br. The number of imidazole rings is 1. The predicted octanol–water partition coefficient (Wildman–Crippen LogP) is 3.28. The highest BCUT2D eigenvalue weighted by Crippen LogP contribution is 2.32. The van der Waals surface area contributed by atoms with E-state index < -0.39 is 0 Å². The molecule has 1 aromatic heterocycles. The van der Waals surface area contributed by atoms with Gasteiger partial charge in [0.05, 0.1) is 17.1 Å². The third kappa shape index (κ3) is 2.43. The van der Waals surface area contributed by atoms with Gasteiger partial charge >= 0.3 is 5.69 Å². The second-order valence-corrected chi connectivity index (χ2v) is 6.14. The van der Waals surface area contributed by atoms with Gasteiger partial charge in [-0.2, -0.15) is 0 Å². The van der Waals surface area contributed by atoms with Crippen LogP contribution in [-0.4, -0.2) is 9.97 Å². The van der Waals surface area contributed by atoms with E-state index in [1.54, 1.807) is 0 Å². The highest BCUT2D eigenvalue weighted by molar-refractivity contribution is 9.10. The van der Waals surface area contributed by atoms with Crippen LogP contribution in [0.3, 0.4) is 0 Å². The Bertz CT molecular complexity index is 859. The number of halogens is 1. The Morgan fingerprint density at radius 1 is 1.10 bits per heavy atom. The lowest BCUT2D eigenvalue weighted by molar-refractivity contribution is 0.848. The van der Waals surface area contributed by atoms with Gasteiger partial charge in [0.1, 0.15) is 0 Å². The van der Waals surface area contributed by atoms with Crippen molar-refractivity contribution >= 4 is 27.0 Å². The van der Waals surface area contributed by atoms with Gasteiger partial charge in [-0.05, 0) is 48.2 Å². The van der Waals surface area contributed by atoms with Gasteiger partial charge in [-0.25, -0.2) is 4.79 Å². The first-order chi connectivity index (χ1) is 9.97. The summed E-state index contributed by atoms with van der Waals surface area (Å²) >= 11 is 3.56. The Balaban J connectivity index is 2.19. The van der Waals surface area contributed by atoms with Crippen LogP contribution in [0.15, 0.2) is 39.6 Å². The van der Waals surface area contributed by atoms with Crippen LogP contribution < -0.4 is 11.4 Å². The van der Waals surface area contributed by atoms with Gasteiger partial charge in [0.2, 0.25) is 0 Å². The van der Waals surface area contributed by atoms with Gasteiger partial charge in [0, 0.05) is 4.47 Å². The number of hydrogen-bond acceptors (Lipinski definition) is 2. The maximum atomic E-state index is 11.4. The van der Waals surface area contributed by atoms with Gasteiger partial charge < -0.3 is 15.7 Å². The Morgan fingerprint density at radius 3 is 2.29 bits per heavy atom. The fraction of sp³-hybridized carbons (Fsp3) is 0.188. The molecule has 0 spiro atoms. The van der Waals surface area contributed by atoms with E-state index in [1.807, 2.05) is 18.2 Å². The van der Waals surface area contributed by atoms with Gasteiger partial charge in [-0.15, -0.1) is 0 Å². The Morgan fingerprint density at radius 2 is 1.67 bits per heavy atom. The summed E-state index contributed by atoms with van der Waals surface area (Å²) in [6, 6.07) is 9.72. The normalized spacial score (nSPS) is 12.8. The Labute approximate surface area is 130 Å². The summed E-state index contributed by atoms with van der Waals surface area (Å²) in [5.41, 5.74) is 12.2. The lowest BCUT2D eigenvalue weighted by Gasteiger charge is -2.19. The van der Waals surface area contributed by atoms with Crippen molar-refractivity contribution in [3.05, 3.63) is 67.5 Å². The Kier molecular flexibility index (Phi) is 3.47. The van der Waals surface area contributed by atoms with Crippen LogP contribution in [0.5, 0.6) is 0 Å². The number of fused-ring (bicyclic) bond motifs is 1. The van der Waals surface area contributed by atoms with E-state index in [9.17, 15) is 4.79 Å². The smallest absolute Gasteiger partial charge is 0.320 e. The third-order valence-electron chi connectivity index (χ3n) is 3.82. The zero-order chi connectivity index (χ0) is 15.1. The van der Waals surface area contributed by atoms with Crippen LogP contribution >= 0.6 is 15.9 Å². The quantitative estimate of drug-likeness (QED) is 0.666. The molecule has 0 aliphatic heterocycles. The van der Waals surface area contributed by atoms with E-state index in [0.29, 0.717) is 0 Å². The van der Waals surface area contributed by atoms with Gasteiger partial charge in [-0.3, -0.25) is 0 Å². The summed E-state index contributed by atoms with van der Waals surface area (Å²) in [4.78, 5) is 16.9. The lowest BCUT2D eigenvalue weighted by Crippen LogP contribution is -2.15. The van der Waals surface area contributed by atoms with Crippen molar-refractivity contribution in [2.24, 2.45) is 5.73 Å². The number of benzene rings is 2. The number of hydrogen-bond donors (Lipinski definition) is 3. The average Bonchev–Trinajstić information content (AvgIpc) is 2.76. The van der Waals surface area contributed by atoms with Crippen molar-refractivity contribution in [2.45, 2.75) is 19.9 Å². The molecule has 4 N–H and O–H groups in total. The van der Waals surface area contributed by atoms with E-state index in [2.05, 4.69) is 51.9 Å². The minimum Gasteiger partial charge on any atom is -0.320 e. The first-order valence-corrected chi connectivity index (χ1v) is 7.50. The number of nitrogens with one attached hydrogen (secondary N) is 2. The molecule has 108 valence electrons. The monoisotopic (exact) mass is 345 g/mol. The Hall–Kier alpha value is -1.85. The zero-order valence-electron chi connectivity index (χ0n) is 11.8. The predicted molar refractivity (Wildman–Crippen MR) is 88.6 cm³/mol. The van der Waals surface area contributed by atoms with Crippen molar-refractivity contribution < 1.29 is 0 Å². The second-order valence-electron chi connectivity index (χ2n) is 5.28. The molecule has 0 bridgehead atoms. The summed E-state index contributed by atoms with van der Waals surface area (Å²) in [5, 5.41) is 0. The number of aryl methyl sites for hydroxylation is 2. The van der Waals surface area contributed by atoms with Crippen LogP contribution in [0.2, 0.25) is 0 Å². The topological polar surface area (TPSA) is 74.7 Å². The number of nitrogens with two attached hydrogens (primary N) is 1. The van der Waals surface area contributed by atoms with Gasteiger partial charge in [-0.1, -0.05) is 34.1 Å². The van der Waals surface area contributed by atoms with E-state index in [-0.39, 0.29) is 11.7 Å². The van der Waals surface area contributed by atoms with Crippen LogP contribution in [0.25, 0.3) is 11.0 Å². The molecule has 5 heteroatoms. The molecule has 0 saturated heterocycles. The first kappa shape index (κ1) is 14.1. The molecule has 0 aliphatic carbocycles. The van der Waals surface area contributed by atoms with E-state index in [4.69, 9.17) is 5.73 Å². The molecule has 4 nitrogen and oxygen atoms in total.